The SMILES string of the molecule is CCNCC#Cc1cccc(S(=O)(=O)CC2CCCCC2)c1. The zero-order chi connectivity index (χ0) is 15.8. The van der Waals surface area contributed by atoms with Crippen LogP contribution in [0.2, 0.25) is 0 Å². The number of rotatable bonds is 5. The Balaban J connectivity index is 2.07. The molecular formula is C18H25NO2S. The molecule has 0 saturated heterocycles. The van der Waals surface area contributed by atoms with Crippen molar-refractivity contribution >= 4 is 9.84 Å². The van der Waals surface area contributed by atoms with Gasteiger partial charge >= 0.3 is 0 Å². The van der Waals surface area contributed by atoms with Crippen molar-refractivity contribution in [1.29, 1.82) is 0 Å². The van der Waals surface area contributed by atoms with Gasteiger partial charge in [-0.1, -0.05) is 44.1 Å². The third-order valence-corrected chi connectivity index (χ3v) is 5.95. The molecule has 1 aromatic carbocycles. The van der Waals surface area contributed by atoms with Gasteiger partial charge in [0.2, 0.25) is 0 Å². The molecule has 3 nitrogen and oxygen atoms in total. The fourth-order valence-electron chi connectivity index (χ4n) is 2.86. The lowest BCUT2D eigenvalue weighted by Gasteiger charge is -2.21. The molecule has 1 aliphatic rings. The molecule has 0 aliphatic heterocycles. The standard InChI is InChI=1S/C18H25NO2S/c1-2-19-13-7-11-16-10-6-12-18(14-16)22(20,21)15-17-8-4-3-5-9-17/h6,10,12,14,17,19H,2-5,8-9,13,15H2,1H3. The Morgan fingerprint density at radius 1 is 1.23 bits per heavy atom. The smallest absolute Gasteiger partial charge is 0.178 e. The summed E-state index contributed by atoms with van der Waals surface area (Å²) < 4.78 is 25.1. The number of nitrogens with one attached hydrogen (secondary N) is 1. The van der Waals surface area contributed by atoms with Crippen LogP contribution < -0.4 is 5.32 Å². The van der Waals surface area contributed by atoms with E-state index in [1.807, 2.05) is 13.0 Å². The average molecular weight is 319 g/mol. The molecule has 1 saturated carbocycles. The van der Waals surface area contributed by atoms with Crippen LogP contribution in [0.4, 0.5) is 0 Å². The van der Waals surface area contributed by atoms with Crippen molar-refractivity contribution in [3.63, 3.8) is 0 Å². The van der Waals surface area contributed by atoms with Gasteiger partial charge in [-0.2, -0.15) is 0 Å². The molecule has 22 heavy (non-hydrogen) atoms. The van der Waals surface area contributed by atoms with Gasteiger partial charge in [0.15, 0.2) is 9.84 Å². The molecule has 4 heteroatoms. The lowest BCUT2D eigenvalue weighted by atomic mass is 9.91. The van der Waals surface area contributed by atoms with Crippen molar-refractivity contribution < 1.29 is 8.42 Å². The van der Waals surface area contributed by atoms with E-state index in [9.17, 15) is 8.42 Å². The van der Waals surface area contributed by atoms with Gasteiger partial charge in [-0.05, 0) is 43.5 Å². The van der Waals surface area contributed by atoms with Crippen molar-refractivity contribution in [1.82, 2.24) is 5.32 Å². The van der Waals surface area contributed by atoms with Crippen molar-refractivity contribution in [2.24, 2.45) is 5.92 Å². The topological polar surface area (TPSA) is 46.2 Å². The Morgan fingerprint density at radius 2 is 2.00 bits per heavy atom. The molecule has 0 spiro atoms. The van der Waals surface area contributed by atoms with E-state index in [4.69, 9.17) is 0 Å². The average Bonchev–Trinajstić information content (AvgIpc) is 2.52. The van der Waals surface area contributed by atoms with E-state index >= 15 is 0 Å². The van der Waals surface area contributed by atoms with Crippen LogP contribution in [0.5, 0.6) is 0 Å². The number of sulfone groups is 1. The first-order valence-corrected chi connectivity index (χ1v) is 9.79. The highest BCUT2D eigenvalue weighted by atomic mass is 32.2. The van der Waals surface area contributed by atoms with Gasteiger partial charge in [0.05, 0.1) is 17.2 Å². The first-order chi connectivity index (χ1) is 10.6. The van der Waals surface area contributed by atoms with Gasteiger partial charge in [0.1, 0.15) is 0 Å². The highest BCUT2D eigenvalue weighted by Gasteiger charge is 2.23. The summed E-state index contributed by atoms with van der Waals surface area (Å²) in [5, 5.41) is 3.13. The van der Waals surface area contributed by atoms with Gasteiger partial charge in [0, 0.05) is 5.56 Å². The lowest BCUT2D eigenvalue weighted by Crippen LogP contribution is -2.18. The maximum absolute atomic E-state index is 12.6. The molecule has 0 unspecified atom stereocenters. The van der Waals surface area contributed by atoms with Gasteiger partial charge in [0.25, 0.3) is 0 Å². The van der Waals surface area contributed by atoms with Crippen molar-refractivity contribution in [3.8, 4) is 11.8 Å². The molecule has 1 aromatic rings. The zero-order valence-electron chi connectivity index (χ0n) is 13.3. The Morgan fingerprint density at radius 3 is 2.73 bits per heavy atom. The van der Waals surface area contributed by atoms with Crippen LogP contribution in [0.3, 0.4) is 0 Å². The van der Waals surface area contributed by atoms with E-state index in [2.05, 4.69) is 17.2 Å². The molecule has 1 N–H and O–H groups in total. The fraction of sp³-hybridized carbons (Fsp3) is 0.556. The molecule has 2 rings (SSSR count). The number of hydrogen-bond donors (Lipinski definition) is 1. The largest absolute Gasteiger partial charge is 0.306 e. The summed E-state index contributed by atoms with van der Waals surface area (Å²) in [5.74, 6) is 6.63. The summed E-state index contributed by atoms with van der Waals surface area (Å²) in [4.78, 5) is 0.410. The summed E-state index contributed by atoms with van der Waals surface area (Å²) in [6, 6.07) is 7.04. The van der Waals surface area contributed by atoms with E-state index in [-0.39, 0.29) is 5.75 Å². The van der Waals surface area contributed by atoms with E-state index in [1.165, 1.54) is 6.42 Å². The molecule has 0 atom stereocenters. The summed E-state index contributed by atoms with van der Waals surface area (Å²) >= 11 is 0. The van der Waals surface area contributed by atoms with E-state index < -0.39 is 9.84 Å². The molecule has 1 aliphatic carbocycles. The van der Waals surface area contributed by atoms with Crippen LogP contribution in [0, 0.1) is 17.8 Å². The Labute approximate surface area is 134 Å². The van der Waals surface area contributed by atoms with Crippen LogP contribution in [-0.4, -0.2) is 27.3 Å². The Hall–Kier alpha value is -1.31. The molecule has 0 heterocycles. The quantitative estimate of drug-likeness (QED) is 0.670. The third kappa shape index (κ3) is 5.15. The molecule has 0 radical (unpaired) electrons. The van der Waals surface area contributed by atoms with Gasteiger partial charge in [-0.15, -0.1) is 0 Å². The maximum Gasteiger partial charge on any atom is 0.178 e. The maximum atomic E-state index is 12.6. The third-order valence-electron chi connectivity index (χ3n) is 4.07. The van der Waals surface area contributed by atoms with Crippen LogP contribution in [0.25, 0.3) is 0 Å². The second-order valence-corrected chi connectivity index (χ2v) is 7.93. The molecule has 0 aromatic heterocycles. The van der Waals surface area contributed by atoms with Crippen LogP contribution in [0.1, 0.15) is 44.6 Å². The van der Waals surface area contributed by atoms with E-state index in [0.29, 0.717) is 17.4 Å². The molecule has 1 fully saturated rings. The van der Waals surface area contributed by atoms with Gasteiger partial charge in [-0.25, -0.2) is 8.42 Å². The van der Waals surface area contributed by atoms with Crippen LogP contribution >= 0.6 is 0 Å². The Kier molecular flexibility index (Phi) is 6.48. The first kappa shape index (κ1) is 17.1. The second kappa shape index (κ2) is 8.36. The highest BCUT2D eigenvalue weighted by Crippen LogP contribution is 2.27. The minimum atomic E-state index is -3.20. The predicted molar refractivity (Wildman–Crippen MR) is 90.5 cm³/mol. The number of benzene rings is 1. The molecular weight excluding hydrogens is 294 g/mol. The van der Waals surface area contributed by atoms with Gasteiger partial charge in [-0.3, -0.25) is 0 Å². The van der Waals surface area contributed by atoms with Crippen molar-refractivity contribution in [2.75, 3.05) is 18.8 Å². The van der Waals surface area contributed by atoms with Crippen molar-refractivity contribution in [3.05, 3.63) is 29.8 Å². The number of hydrogen-bond acceptors (Lipinski definition) is 3. The fourth-order valence-corrected chi connectivity index (χ4v) is 4.60. The second-order valence-electron chi connectivity index (χ2n) is 5.90. The monoisotopic (exact) mass is 319 g/mol. The van der Waals surface area contributed by atoms with Crippen LogP contribution in [0.15, 0.2) is 29.2 Å². The minimum Gasteiger partial charge on any atom is -0.306 e. The first-order valence-electron chi connectivity index (χ1n) is 8.14. The zero-order valence-corrected chi connectivity index (χ0v) is 14.1. The van der Waals surface area contributed by atoms with E-state index in [1.54, 1.807) is 18.2 Å². The van der Waals surface area contributed by atoms with Crippen molar-refractivity contribution in [2.45, 2.75) is 43.9 Å². The highest BCUT2D eigenvalue weighted by molar-refractivity contribution is 7.91. The predicted octanol–water partition coefficient (Wildman–Crippen LogP) is 3.00. The Bertz CT molecular complexity index is 635. The summed E-state index contributed by atoms with van der Waals surface area (Å²) in [6.45, 7) is 3.53. The normalized spacial score (nSPS) is 16.0. The molecule has 0 amide bonds. The lowest BCUT2D eigenvalue weighted by molar-refractivity contribution is 0.385. The molecule has 0 bridgehead atoms. The minimum absolute atomic E-state index is 0.279. The van der Waals surface area contributed by atoms with Gasteiger partial charge < -0.3 is 5.32 Å². The summed E-state index contributed by atoms with van der Waals surface area (Å²) in [7, 11) is -3.20. The summed E-state index contributed by atoms with van der Waals surface area (Å²) in [6.07, 6.45) is 5.66. The molecule has 120 valence electrons. The van der Waals surface area contributed by atoms with Crippen LogP contribution in [-0.2, 0) is 9.84 Å². The summed E-state index contributed by atoms with van der Waals surface area (Å²) in [5.41, 5.74) is 0.766. The van der Waals surface area contributed by atoms with E-state index in [0.717, 1.165) is 37.8 Å².